The molecule has 10 heteroatoms. The van der Waals surface area contributed by atoms with Gasteiger partial charge in [-0.1, -0.05) is 282 Å². The van der Waals surface area contributed by atoms with Gasteiger partial charge in [-0.15, -0.1) is 0 Å². The minimum atomic E-state index is -0.914. The summed E-state index contributed by atoms with van der Waals surface area (Å²) in [4.78, 5) is 40.9. The van der Waals surface area contributed by atoms with E-state index in [4.69, 9.17) is 0 Å². The summed E-state index contributed by atoms with van der Waals surface area (Å²) in [5, 5.41) is 40.9. The summed E-state index contributed by atoms with van der Waals surface area (Å²) < 4.78 is 0. The van der Waals surface area contributed by atoms with Crippen LogP contribution in [-0.2, 0) is 60.0 Å². The molecule has 480 valence electrons. The summed E-state index contributed by atoms with van der Waals surface area (Å²) in [5.41, 5.74) is 0. The number of hydrogen-bond acceptors (Lipinski definition) is 8. The van der Waals surface area contributed by atoms with Crippen LogP contribution in [0, 0.1) is 0 Å². The molecule has 0 spiro atoms. The van der Waals surface area contributed by atoms with Crippen LogP contribution in [0.15, 0.2) is 48.6 Å². The zero-order valence-corrected chi connectivity index (χ0v) is 60.3. The molecule has 0 rings (SSSR count). The monoisotopic (exact) mass is 1270 g/mol. The summed E-state index contributed by atoms with van der Waals surface area (Å²) >= 11 is 0. The number of carboxylic acids is 4. The Morgan fingerprint density at radius 1 is 0.207 bits per heavy atom. The third kappa shape index (κ3) is 106. The average molecular weight is 1270 g/mol. The maximum absolute atomic E-state index is 10.2. The van der Waals surface area contributed by atoms with Crippen LogP contribution in [0.4, 0.5) is 0 Å². The number of hydrogen-bond donors (Lipinski definition) is 0. The second-order valence-electron chi connectivity index (χ2n) is 22.8. The molecule has 0 bridgehead atoms. The van der Waals surface area contributed by atoms with Crippen molar-refractivity contribution in [3.8, 4) is 0 Å². The van der Waals surface area contributed by atoms with E-state index < -0.39 is 23.9 Å². The Bertz CT molecular complexity index is 1150. The number of carbonyl (C=O) groups is 4. The molecule has 0 aromatic heterocycles. The number of rotatable bonds is 60. The van der Waals surface area contributed by atoms with Crippen LogP contribution in [0.5, 0.6) is 0 Å². The van der Waals surface area contributed by atoms with E-state index in [9.17, 15) is 39.6 Å². The van der Waals surface area contributed by atoms with Crippen LogP contribution in [0.25, 0.3) is 0 Å². The van der Waals surface area contributed by atoms with E-state index in [0.717, 1.165) is 77.0 Å². The van der Waals surface area contributed by atoms with Crippen LogP contribution in [0.3, 0.4) is 0 Å². The molecule has 0 aliphatic carbocycles. The third-order valence-electron chi connectivity index (χ3n) is 14.6. The summed E-state index contributed by atoms with van der Waals surface area (Å²) in [5.74, 6) is -3.66. The first kappa shape index (κ1) is 91.3. The van der Waals surface area contributed by atoms with E-state index >= 15 is 0 Å². The predicted octanol–water partition coefficient (Wildman–Crippen LogP) is 18.0. The molecule has 8 nitrogen and oxygen atoms in total. The molecule has 0 saturated heterocycles. The number of unbranched alkanes of at least 4 members (excludes halogenated alkanes) is 44. The van der Waals surface area contributed by atoms with E-state index in [1.54, 1.807) is 0 Å². The molecule has 0 aliphatic rings. The van der Waals surface area contributed by atoms with Crippen LogP contribution in [0.2, 0.25) is 0 Å². The molecule has 0 heterocycles. The first-order valence-corrected chi connectivity index (χ1v) is 34.5. The summed E-state index contributed by atoms with van der Waals surface area (Å²) in [6, 6.07) is 0. The second kappa shape index (κ2) is 87.9. The zero-order chi connectivity index (χ0) is 59.6. The van der Waals surface area contributed by atoms with E-state index in [2.05, 4.69) is 76.3 Å². The zero-order valence-electron chi connectivity index (χ0n) is 54.9. The van der Waals surface area contributed by atoms with Gasteiger partial charge in [-0.05, 0) is 154 Å². The van der Waals surface area contributed by atoms with Gasteiger partial charge in [0.1, 0.15) is 0 Å². The summed E-state index contributed by atoms with van der Waals surface area (Å²) in [6.07, 6.45) is 83.6. The topological polar surface area (TPSA) is 161 Å². The van der Waals surface area contributed by atoms with Gasteiger partial charge < -0.3 is 39.6 Å². The van der Waals surface area contributed by atoms with Crippen molar-refractivity contribution in [1.29, 1.82) is 0 Å². The van der Waals surface area contributed by atoms with Crippen molar-refractivity contribution >= 4 is 37.4 Å². The van der Waals surface area contributed by atoms with Gasteiger partial charge in [0, 0.05) is 23.9 Å². The fourth-order valence-corrected chi connectivity index (χ4v) is 9.36. The molecule has 0 amide bonds. The van der Waals surface area contributed by atoms with Crippen LogP contribution in [0.1, 0.15) is 387 Å². The number of carbonyl (C=O) groups excluding carboxylic acids is 4. The number of carboxylic acid groups (broad SMARTS) is 4. The molecule has 0 aromatic rings. The van der Waals surface area contributed by atoms with Gasteiger partial charge in [-0.25, -0.2) is 13.5 Å². The molecule has 0 fully saturated rings. The fraction of sp³-hybridized carbons (Fsp3) is 0.833. The standard InChI is InChI=1S/4C18H34O2.Cd.H4S/c4*1-2-3-4-5-6-7-8-9-10-11-12-13-14-15-16-17-18(19)20;;/h4*9-10H,2-8,11-17H2,1H3,(H,19,20);;1H4/q;;;;2*+2/p-4/b4*10-9-;;. The fourth-order valence-electron chi connectivity index (χ4n) is 9.36. The molecule has 0 unspecified atom stereocenters. The van der Waals surface area contributed by atoms with E-state index in [-0.39, 0.29) is 66.5 Å². The van der Waals surface area contributed by atoms with Gasteiger partial charge in [-0.3, -0.25) is 0 Å². The minimum Gasteiger partial charge on any atom is -0.550 e. The normalized spacial score (nSPS) is 11.0. The smallest absolute Gasteiger partial charge is 0.550 e. The van der Waals surface area contributed by atoms with Crippen molar-refractivity contribution in [2.75, 3.05) is 0 Å². The SMILES string of the molecule is CCCCCCCC/C=C\CCCCCCCC(=O)[O-].CCCCCCCC/C=C\CCCCCCCC(=O)[O-].CCCCCCCC/C=C\CCCCCCCC(=O)[O-].CCCCCCCC/C=C\CCCCCCCC(=O)[O-].[Cd+2].[SH4+2]. The average Bonchev–Trinajstić information content (AvgIpc) is 3.43. The van der Waals surface area contributed by atoms with Gasteiger partial charge in [-0.2, -0.15) is 0 Å². The Labute approximate surface area is 536 Å². The van der Waals surface area contributed by atoms with Crippen molar-refractivity contribution < 1.29 is 66.9 Å². The first-order chi connectivity index (χ1) is 39.1. The molecule has 0 radical (unpaired) electrons. The largest absolute Gasteiger partial charge is 2.00 e. The van der Waals surface area contributed by atoms with Gasteiger partial charge in [0.15, 0.2) is 0 Å². The van der Waals surface area contributed by atoms with E-state index in [0.29, 0.717) is 0 Å². The van der Waals surface area contributed by atoms with Gasteiger partial charge in [0.2, 0.25) is 0 Å². The summed E-state index contributed by atoms with van der Waals surface area (Å²) in [6.45, 7) is 9.02. The Morgan fingerprint density at radius 3 is 0.439 bits per heavy atom. The van der Waals surface area contributed by atoms with Crippen molar-refractivity contribution in [3.05, 3.63) is 48.6 Å². The van der Waals surface area contributed by atoms with E-state index in [1.165, 1.54) is 257 Å². The van der Waals surface area contributed by atoms with Gasteiger partial charge >= 0.3 is 27.3 Å². The van der Waals surface area contributed by atoms with Gasteiger partial charge in [0.05, 0.1) is 0 Å². The Balaban J connectivity index is -0.000000233. The molecular formula is C72H136CdO8S. The molecule has 0 saturated carbocycles. The van der Waals surface area contributed by atoms with Crippen molar-refractivity contribution in [3.63, 3.8) is 0 Å². The van der Waals surface area contributed by atoms with Crippen LogP contribution >= 0.6 is 0 Å². The predicted molar refractivity (Wildman–Crippen MR) is 351 cm³/mol. The Morgan fingerprint density at radius 2 is 0.317 bits per heavy atom. The molecule has 0 aromatic carbocycles. The van der Waals surface area contributed by atoms with Crippen LogP contribution in [-0.4, -0.2) is 23.9 Å². The quantitative estimate of drug-likeness (QED) is 0.0330. The minimum absolute atomic E-state index is 0. The molecule has 82 heavy (non-hydrogen) atoms. The summed E-state index contributed by atoms with van der Waals surface area (Å²) in [7, 11) is 0. The molecule has 0 N–H and O–H groups in total. The van der Waals surface area contributed by atoms with Crippen molar-refractivity contribution in [2.45, 2.75) is 387 Å². The maximum Gasteiger partial charge on any atom is 2.00 e. The molecule has 0 atom stereocenters. The van der Waals surface area contributed by atoms with Crippen LogP contribution < -0.4 is 20.4 Å². The Hall–Kier alpha value is -1.89. The van der Waals surface area contributed by atoms with Crippen molar-refractivity contribution in [1.82, 2.24) is 0 Å². The number of aliphatic carboxylic acids is 4. The Kier molecular flexibility index (Phi) is 97.8. The second-order valence-corrected chi connectivity index (χ2v) is 22.8. The third-order valence-corrected chi connectivity index (χ3v) is 14.6. The number of allylic oxidation sites excluding steroid dienone is 8. The van der Waals surface area contributed by atoms with Gasteiger partial charge in [0.25, 0.3) is 0 Å². The molecular weight excluding hydrogens is 1140 g/mol. The van der Waals surface area contributed by atoms with E-state index in [1.807, 2.05) is 0 Å². The maximum atomic E-state index is 10.2. The van der Waals surface area contributed by atoms with Crippen molar-refractivity contribution in [2.24, 2.45) is 0 Å². The molecule has 0 aliphatic heterocycles. The first-order valence-electron chi connectivity index (χ1n) is 34.5.